The molecule has 74 valence electrons. The molecule has 0 N–H and O–H groups in total. The van der Waals surface area contributed by atoms with Crippen LogP contribution < -0.4 is 0 Å². The van der Waals surface area contributed by atoms with Crippen molar-refractivity contribution in [3.8, 4) is 0 Å². The van der Waals surface area contributed by atoms with Crippen LogP contribution >= 0.6 is 11.8 Å². The van der Waals surface area contributed by atoms with E-state index >= 15 is 0 Å². The van der Waals surface area contributed by atoms with Crippen molar-refractivity contribution in [2.24, 2.45) is 0 Å². The van der Waals surface area contributed by atoms with Crippen molar-refractivity contribution in [2.75, 3.05) is 0 Å². The first-order valence-electron chi connectivity index (χ1n) is 4.73. The molecule has 0 atom stereocenters. The molecule has 2 nitrogen and oxygen atoms in total. The van der Waals surface area contributed by atoms with E-state index in [-0.39, 0.29) is 0 Å². The number of rotatable bonds is 4. The Morgan fingerprint density at radius 3 is 2.62 bits per heavy atom. The third-order valence-corrected chi connectivity index (χ3v) is 3.00. The van der Waals surface area contributed by atoms with Crippen molar-refractivity contribution >= 4 is 11.8 Å². The van der Waals surface area contributed by atoms with Crippen molar-refractivity contribution in [1.29, 1.82) is 0 Å². The Kier molecular flexibility index (Phi) is 3.85. The van der Waals surface area contributed by atoms with Crippen LogP contribution in [0.25, 0.3) is 0 Å². The molecule has 0 amide bonds. The van der Waals surface area contributed by atoms with E-state index in [0.717, 1.165) is 5.75 Å². The smallest absolute Gasteiger partial charge is 0.0950 e. The van der Waals surface area contributed by atoms with Gasteiger partial charge in [-0.1, -0.05) is 13.8 Å². The van der Waals surface area contributed by atoms with Crippen molar-refractivity contribution in [3.05, 3.63) is 18.2 Å². The molecule has 0 radical (unpaired) electrons. The summed E-state index contributed by atoms with van der Waals surface area (Å²) in [5.41, 5.74) is 1.33. The number of hydrogen-bond acceptors (Lipinski definition) is 2. The van der Waals surface area contributed by atoms with Crippen molar-refractivity contribution < 1.29 is 0 Å². The summed E-state index contributed by atoms with van der Waals surface area (Å²) in [6.45, 7) is 8.82. The van der Waals surface area contributed by atoms with Crippen molar-refractivity contribution in [1.82, 2.24) is 9.55 Å². The Labute approximate surface area is 84.7 Å². The molecule has 0 saturated heterocycles. The number of nitrogens with zero attached hydrogens (tertiary/aromatic N) is 2. The topological polar surface area (TPSA) is 17.8 Å². The fraction of sp³-hybridized carbons (Fsp3) is 0.700. The van der Waals surface area contributed by atoms with Gasteiger partial charge in [0.25, 0.3) is 0 Å². The molecule has 0 aliphatic carbocycles. The van der Waals surface area contributed by atoms with E-state index in [1.807, 2.05) is 24.3 Å². The minimum Gasteiger partial charge on any atom is -0.331 e. The van der Waals surface area contributed by atoms with Crippen molar-refractivity contribution in [2.45, 2.75) is 44.7 Å². The summed E-state index contributed by atoms with van der Waals surface area (Å²) in [5, 5.41) is 0.690. The predicted molar refractivity (Wildman–Crippen MR) is 59.0 cm³/mol. The van der Waals surface area contributed by atoms with Crippen LogP contribution in [0.4, 0.5) is 0 Å². The van der Waals surface area contributed by atoms with Gasteiger partial charge in [-0.15, -0.1) is 0 Å². The Morgan fingerprint density at radius 1 is 1.38 bits per heavy atom. The molecule has 1 aromatic rings. The highest BCUT2D eigenvalue weighted by molar-refractivity contribution is 7.99. The van der Waals surface area contributed by atoms with Crippen LogP contribution in [0.5, 0.6) is 0 Å². The van der Waals surface area contributed by atoms with E-state index < -0.39 is 0 Å². The van der Waals surface area contributed by atoms with E-state index in [4.69, 9.17) is 0 Å². The van der Waals surface area contributed by atoms with Gasteiger partial charge in [-0.25, -0.2) is 4.98 Å². The van der Waals surface area contributed by atoms with Crippen molar-refractivity contribution in [3.63, 3.8) is 0 Å². The van der Waals surface area contributed by atoms with Crippen LogP contribution in [0, 0.1) is 0 Å². The predicted octanol–water partition coefficient (Wildman–Crippen LogP) is 3.11. The minimum absolute atomic E-state index is 0.519. The molecule has 0 aliphatic heterocycles. The Balaban J connectivity index is 2.60. The zero-order valence-corrected chi connectivity index (χ0v) is 9.64. The van der Waals surface area contributed by atoms with Crippen LogP contribution in [0.3, 0.4) is 0 Å². The maximum absolute atomic E-state index is 4.17. The normalized spacial score (nSPS) is 11.5. The molecule has 1 aromatic heterocycles. The standard InChI is InChI=1S/C10H18N2S/c1-8(2)12-7-11-5-10(12)6-13-9(3)4/h5,7-9H,6H2,1-4H3. The molecular formula is C10H18N2S. The van der Waals surface area contributed by atoms with Gasteiger partial charge >= 0.3 is 0 Å². The number of thioether (sulfide) groups is 1. The van der Waals surface area contributed by atoms with Crippen LogP contribution in [-0.4, -0.2) is 14.8 Å². The highest BCUT2D eigenvalue weighted by atomic mass is 32.2. The highest BCUT2D eigenvalue weighted by Gasteiger charge is 2.05. The summed E-state index contributed by atoms with van der Waals surface area (Å²) < 4.78 is 2.23. The molecule has 0 aliphatic rings. The molecule has 0 saturated carbocycles. The second-order valence-corrected chi connectivity index (χ2v) is 5.31. The first kappa shape index (κ1) is 10.6. The SMILES string of the molecule is CC(C)SCc1cncn1C(C)C. The minimum atomic E-state index is 0.519. The molecule has 0 aromatic carbocycles. The quantitative estimate of drug-likeness (QED) is 0.740. The highest BCUT2D eigenvalue weighted by Crippen LogP contribution is 2.18. The first-order chi connectivity index (χ1) is 6.11. The Morgan fingerprint density at radius 2 is 2.08 bits per heavy atom. The van der Waals surface area contributed by atoms with Gasteiger partial charge in [0, 0.05) is 23.7 Å². The first-order valence-corrected chi connectivity index (χ1v) is 5.78. The van der Waals surface area contributed by atoms with Crippen LogP contribution in [0.1, 0.15) is 39.4 Å². The van der Waals surface area contributed by atoms with Gasteiger partial charge < -0.3 is 4.57 Å². The molecule has 1 heterocycles. The maximum atomic E-state index is 4.17. The second-order valence-electron chi connectivity index (χ2n) is 3.75. The lowest BCUT2D eigenvalue weighted by molar-refractivity contribution is 0.584. The average Bonchev–Trinajstić information content (AvgIpc) is 2.47. The number of hydrogen-bond donors (Lipinski definition) is 0. The Hall–Kier alpha value is -0.440. The summed E-state index contributed by atoms with van der Waals surface area (Å²) in [5.74, 6) is 1.07. The van der Waals surface area contributed by atoms with E-state index in [9.17, 15) is 0 Å². The lowest BCUT2D eigenvalue weighted by atomic mass is 10.4. The van der Waals surface area contributed by atoms with Gasteiger partial charge in [0.15, 0.2) is 0 Å². The summed E-state index contributed by atoms with van der Waals surface area (Å²) in [6.07, 6.45) is 3.89. The van der Waals surface area contributed by atoms with Gasteiger partial charge in [0.1, 0.15) is 0 Å². The average molecular weight is 198 g/mol. The van der Waals surface area contributed by atoms with Gasteiger partial charge in [-0.2, -0.15) is 11.8 Å². The third-order valence-electron chi connectivity index (χ3n) is 1.87. The Bertz CT molecular complexity index is 253. The van der Waals surface area contributed by atoms with Gasteiger partial charge in [-0.05, 0) is 19.1 Å². The molecular weight excluding hydrogens is 180 g/mol. The van der Waals surface area contributed by atoms with Crippen LogP contribution in [0.15, 0.2) is 12.5 Å². The second kappa shape index (κ2) is 4.70. The monoisotopic (exact) mass is 198 g/mol. The van der Waals surface area contributed by atoms with Gasteiger partial charge in [0.2, 0.25) is 0 Å². The molecule has 0 fully saturated rings. The van der Waals surface area contributed by atoms with Crippen LogP contribution in [-0.2, 0) is 5.75 Å². The van der Waals surface area contributed by atoms with Gasteiger partial charge in [-0.3, -0.25) is 0 Å². The summed E-state index contributed by atoms with van der Waals surface area (Å²) in [4.78, 5) is 4.17. The zero-order valence-electron chi connectivity index (χ0n) is 8.82. The molecule has 3 heteroatoms. The molecule has 0 spiro atoms. The number of aromatic nitrogens is 2. The van der Waals surface area contributed by atoms with E-state index in [2.05, 4.69) is 37.2 Å². The molecule has 1 rings (SSSR count). The maximum Gasteiger partial charge on any atom is 0.0950 e. The molecule has 0 unspecified atom stereocenters. The third kappa shape index (κ3) is 3.07. The fourth-order valence-corrected chi connectivity index (χ4v) is 1.89. The zero-order chi connectivity index (χ0) is 9.84. The summed E-state index contributed by atoms with van der Waals surface area (Å²) in [7, 11) is 0. The largest absolute Gasteiger partial charge is 0.331 e. The van der Waals surface area contributed by atoms with E-state index in [0.29, 0.717) is 11.3 Å². The van der Waals surface area contributed by atoms with Crippen LogP contribution in [0.2, 0.25) is 0 Å². The lowest BCUT2D eigenvalue weighted by Crippen LogP contribution is -2.03. The van der Waals surface area contributed by atoms with E-state index in [1.165, 1.54) is 5.69 Å². The number of imidazole rings is 1. The summed E-state index contributed by atoms with van der Waals surface area (Å²) in [6, 6.07) is 0.519. The molecule has 13 heavy (non-hydrogen) atoms. The molecule has 0 bridgehead atoms. The fourth-order valence-electron chi connectivity index (χ4n) is 1.16. The summed E-state index contributed by atoms with van der Waals surface area (Å²) >= 11 is 1.96. The lowest BCUT2D eigenvalue weighted by Gasteiger charge is -2.12. The van der Waals surface area contributed by atoms with Gasteiger partial charge in [0.05, 0.1) is 6.33 Å². The van der Waals surface area contributed by atoms with E-state index in [1.54, 1.807) is 0 Å².